The molecule has 0 bridgehead atoms. The zero-order valence-corrected chi connectivity index (χ0v) is 15.1. The zero-order chi connectivity index (χ0) is 19.7. The van der Waals surface area contributed by atoms with Crippen molar-refractivity contribution in [2.45, 2.75) is 19.0 Å². The van der Waals surface area contributed by atoms with Gasteiger partial charge < -0.3 is 15.0 Å². The van der Waals surface area contributed by atoms with Gasteiger partial charge >= 0.3 is 0 Å². The molecule has 146 valence electrons. The number of nitrogens with one attached hydrogen (secondary N) is 1. The zero-order valence-electron chi connectivity index (χ0n) is 15.1. The van der Waals surface area contributed by atoms with Gasteiger partial charge in [-0.05, 0) is 35.7 Å². The summed E-state index contributed by atoms with van der Waals surface area (Å²) in [5, 5.41) is 14.0. The first-order chi connectivity index (χ1) is 13.5. The topological polar surface area (TPSA) is 84.7 Å². The Morgan fingerprint density at radius 3 is 2.96 bits per heavy atom. The highest BCUT2D eigenvalue weighted by Crippen LogP contribution is 2.37. The van der Waals surface area contributed by atoms with Crippen LogP contribution < -0.4 is 10.2 Å². The maximum atomic E-state index is 13.3. The van der Waals surface area contributed by atoms with Crippen LogP contribution in [0.4, 0.5) is 15.8 Å². The molecular weight excluding hydrogens is 365 g/mol. The van der Waals surface area contributed by atoms with Gasteiger partial charge in [-0.3, -0.25) is 14.9 Å². The minimum absolute atomic E-state index is 0.0179. The van der Waals surface area contributed by atoms with Crippen molar-refractivity contribution >= 4 is 17.3 Å². The van der Waals surface area contributed by atoms with Crippen LogP contribution in [-0.4, -0.2) is 36.6 Å². The average Bonchev–Trinajstić information content (AvgIpc) is 2.71. The first kappa shape index (κ1) is 18.4. The summed E-state index contributed by atoms with van der Waals surface area (Å²) in [7, 11) is 0. The lowest BCUT2D eigenvalue weighted by Crippen LogP contribution is -2.56. The van der Waals surface area contributed by atoms with E-state index in [4.69, 9.17) is 4.74 Å². The maximum Gasteiger partial charge on any atom is 0.269 e. The Morgan fingerprint density at radius 1 is 1.32 bits per heavy atom. The van der Waals surface area contributed by atoms with Crippen LogP contribution in [-0.2, 0) is 22.5 Å². The fourth-order valence-electron chi connectivity index (χ4n) is 3.99. The van der Waals surface area contributed by atoms with Crippen LogP contribution >= 0.6 is 0 Å². The van der Waals surface area contributed by atoms with Crippen LogP contribution in [0.25, 0.3) is 0 Å². The van der Waals surface area contributed by atoms with Crippen molar-refractivity contribution in [3.63, 3.8) is 0 Å². The third-order valence-corrected chi connectivity index (χ3v) is 5.35. The predicted molar refractivity (Wildman–Crippen MR) is 100 cm³/mol. The van der Waals surface area contributed by atoms with E-state index in [0.29, 0.717) is 31.7 Å². The summed E-state index contributed by atoms with van der Waals surface area (Å²) in [6.07, 6.45) is 0.399. The van der Waals surface area contributed by atoms with E-state index in [9.17, 15) is 19.3 Å². The van der Waals surface area contributed by atoms with Gasteiger partial charge in [0.15, 0.2) is 0 Å². The lowest BCUT2D eigenvalue weighted by Gasteiger charge is -2.45. The summed E-state index contributed by atoms with van der Waals surface area (Å²) >= 11 is 0. The molecule has 2 heterocycles. The Labute approximate surface area is 161 Å². The van der Waals surface area contributed by atoms with E-state index in [-0.39, 0.29) is 30.0 Å². The molecular formula is C20H20FN3O4. The number of benzene rings is 2. The first-order valence-corrected chi connectivity index (χ1v) is 9.17. The lowest BCUT2D eigenvalue weighted by molar-refractivity contribution is -0.384. The van der Waals surface area contributed by atoms with E-state index in [1.54, 1.807) is 24.3 Å². The summed E-state index contributed by atoms with van der Waals surface area (Å²) in [5.74, 6) is -0.914. The Hall–Kier alpha value is -3.00. The Morgan fingerprint density at radius 2 is 2.18 bits per heavy atom. The molecule has 1 fully saturated rings. The summed E-state index contributed by atoms with van der Waals surface area (Å²) in [5.41, 5.74) is 2.41. The number of halogens is 1. The SMILES string of the molecule is O=C(NCc1cccc(F)c1)[C@@H]1Cc2cc([N+](=O)[O-])ccc2N2CCOC[C@@H]12. The highest BCUT2D eigenvalue weighted by Gasteiger charge is 2.40. The standard InChI is InChI=1S/C20H20FN3O4/c21-15-3-1-2-13(8-15)11-22-20(25)17-10-14-9-16(24(26)27)4-5-18(14)23-6-7-28-12-19(17)23/h1-5,8-9,17,19H,6-7,10-12H2,(H,22,25)/t17-,19+/m1/s1. The first-order valence-electron chi connectivity index (χ1n) is 9.17. The van der Waals surface area contributed by atoms with Crippen molar-refractivity contribution in [2.24, 2.45) is 5.92 Å². The molecule has 0 aromatic heterocycles. The second kappa shape index (κ2) is 7.55. The van der Waals surface area contributed by atoms with Gasteiger partial charge in [0, 0.05) is 30.9 Å². The van der Waals surface area contributed by atoms with Crippen LogP contribution in [0.5, 0.6) is 0 Å². The largest absolute Gasteiger partial charge is 0.377 e. The minimum atomic E-state index is -0.426. The van der Waals surface area contributed by atoms with E-state index in [0.717, 1.165) is 11.3 Å². The molecule has 1 saturated heterocycles. The normalized spacial score (nSPS) is 20.8. The van der Waals surface area contributed by atoms with E-state index in [2.05, 4.69) is 10.2 Å². The molecule has 0 spiro atoms. The number of hydrogen-bond donors (Lipinski definition) is 1. The summed E-state index contributed by atoms with van der Waals surface area (Å²) < 4.78 is 18.9. The van der Waals surface area contributed by atoms with Gasteiger partial charge in [0.2, 0.25) is 5.91 Å². The molecule has 1 N–H and O–H groups in total. The van der Waals surface area contributed by atoms with Crippen molar-refractivity contribution < 1.29 is 18.8 Å². The predicted octanol–water partition coefficient (Wildman–Crippen LogP) is 2.43. The van der Waals surface area contributed by atoms with Crippen LogP contribution in [0.2, 0.25) is 0 Å². The molecule has 2 aliphatic heterocycles. The number of amides is 1. The van der Waals surface area contributed by atoms with Crippen molar-refractivity contribution in [3.8, 4) is 0 Å². The van der Waals surface area contributed by atoms with Gasteiger partial charge in [-0.1, -0.05) is 12.1 Å². The third-order valence-electron chi connectivity index (χ3n) is 5.35. The summed E-state index contributed by atoms with van der Waals surface area (Å²) in [6.45, 7) is 1.82. The average molecular weight is 385 g/mol. The number of carbonyl (C=O) groups excluding carboxylic acids is 1. The molecule has 2 aromatic carbocycles. The van der Waals surface area contributed by atoms with Gasteiger partial charge in [-0.25, -0.2) is 4.39 Å². The monoisotopic (exact) mass is 385 g/mol. The molecule has 8 heteroatoms. The van der Waals surface area contributed by atoms with Gasteiger partial charge in [-0.15, -0.1) is 0 Å². The Kier molecular flexibility index (Phi) is 4.95. The number of rotatable bonds is 4. The highest BCUT2D eigenvalue weighted by molar-refractivity contribution is 5.82. The van der Waals surface area contributed by atoms with Crippen LogP contribution in [0.1, 0.15) is 11.1 Å². The van der Waals surface area contributed by atoms with Crippen LogP contribution in [0.3, 0.4) is 0 Å². The third kappa shape index (κ3) is 3.55. The van der Waals surface area contributed by atoms with Crippen LogP contribution in [0, 0.1) is 21.8 Å². The smallest absolute Gasteiger partial charge is 0.269 e. The second-order valence-corrected chi connectivity index (χ2v) is 7.06. The van der Waals surface area contributed by atoms with Gasteiger partial charge in [0.25, 0.3) is 5.69 Å². The molecule has 2 aromatic rings. The maximum absolute atomic E-state index is 13.3. The number of carbonyl (C=O) groups is 1. The molecule has 1 amide bonds. The van der Waals surface area contributed by atoms with Crippen molar-refractivity contribution in [3.05, 3.63) is 69.5 Å². The van der Waals surface area contributed by atoms with Gasteiger partial charge in [0.05, 0.1) is 30.1 Å². The molecule has 28 heavy (non-hydrogen) atoms. The van der Waals surface area contributed by atoms with Gasteiger partial charge in [0.1, 0.15) is 5.82 Å². The van der Waals surface area contributed by atoms with Crippen molar-refractivity contribution in [1.82, 2.24) is 5.32 Å². The number of morpholine rings is 1. The number of nitrogens with zero attached hydrogens (tertiary/aromatic N) is 2. The molecule has 4 rings (SSSR count). The fourth-order valence-corrected chi connectivity index (χ4v) is 3.99. The quantitative estimate of drug-likeness (QED) is 0.645. The van der Waals surface area contributed by atoms with E-state index in [1.807, 2.05) is 0 Å². The lowest BCUT2D eigenvalue weighted by atomic mass is 9.84. The molecule has 0 saturated carbocycles. The van der Waals surface area contributed by atoms with Crippen molar-refractivity contribution in [1.29, 1.82) is 0 Å². The molecule has 0 unspecified atom stereocenters. The summed E-state index contributed by atoms with van der Waals surface area (Å²) in [6, 6.07) is 10.8. The number of ether oxygens (including phenoxy) is 1. The molecule has 2 atom stereocenters. The minimum Gasteiger partial charge on any atom is -0.377 e. The number of non-ortho nitro benzene ring substituents is 1. The molecule has 7 nitrogen and oxygen atoms in total. The second-order valence-electron chi connectivity index (χ2n) is 7.06. The highest BCUT2D eigenvalue weighted by atomic mass is 19.1. The molecule has 2 aliphatic rings. The number of nitro benzene ring substituents is 1. The Balaban J connectivity index is 1.56. The number of anilines is 1. The van der Waals surface area contributed by atoms with Crippen LogP contribution in [0.15, 0.2) is 42.5 Å². The van der Waals surface area contributed by atoms with E-state index >= 15 is 0 Å². The van der Waals surface area contributed by atoms with Gasteiger partial charge in [-0.2, -0.15) is 0 Å². The summed E-state index contributed by atoms with van der Waals surface area (Å²) in [4.78, 5) is 25.7. The number of fused-ring (bicyclic) bond motifs is 3. The molecule has 0 aliphatic carbocycles. The number of nitro groups is 1. The van der Waals surface area contributed by atoms with Crippen molar-refractivity contribution in [2.75, 3.05) is 24.7 Å². The van der Waals surface area contributed by atoms with E-state index < -0.39 is 10.8 Å². The molecule has 0 radical (unpaired) electrons. The van der Waals surface area contributed by atoms with E-state index in [1.165, 1.54) is 18.2 Å². The Bertz CT molecular complexity index is 920. The fraction of sp³-hybridized carbons (Fsp3) is 0.350. The number of hydrogen-bond acceptors (Lipinski definition) is 5.